The Bertz CT molecular complexity index is 1170. The molecule has 0 unspecified atom stereocenters. The van der Waals surface area contributed by atoms with Gasteiger partial charge in [0.25, 0.3) is 5.91 Å². The third-order valence-corrected chi connectivity index (χ3v) is 5.89. The summed E-state index contributed by atoms with van der Waals surface area (Å²) in [5.74, 6) is 0.693. The highest BCUT2D eigenvalue weighted by molar-refractivity contribution is 5.98. The highest BCUT2D eigenvalue weighted by atomic mass is 35.5. The highest BCUT2D eigenvalue weighted by Crippen LogP contribution is 2.33. The van der Waals surface area contributed by atoms with Gasteiger partial charge in [0.05, 0.1) is 6.04 Å². The Hall–Kier alpha value is -3.55. The van der Waals surface area contributed by atoms with Gasteiger partial charge >= 0.3 is 0 Å². The van der Waals surface area contributed by atoms with Crippen molar-refractivity contribution in [3.05, 3.63) is 89.5 Å². The lowest BCUT2D eigenvalue weighted by molar-refractivity contribution is -0.128. The van der Waals surface area contributed by atoms with Crippen LogP contribution in [0.25, 0.3) is 0 Å². The summed E-state index contributed by atoms with van der Waals surface area (Å²) in [5, 5.41) is 9.13. The van der Waals surface area contributed by atoms with Gasteiger partial charge in [-0.05, 0) is 35.2 Å². The molecule has 8 heteroatoms. The average Bonchev–Trinajstić information content (AvgIpc) is 2.87. The zero-order valence-electron chi connectivity index (χ0n) is 18.5. The molecule has 2 amide bonds. The summed E-state index contributed by atoms with van der Waals surface area (Å²) in [5.41, 5.74) is 3.62. The highest BCUT2D eigenvalue weighted by Gasteiger charge is 2.29. The number of halogens is 1. The first-order valence-corrected chi connectivity index (χ1v) is 11.0. The summed E-state index contributed by atoms with van der Waals surface area (Å²) in [7, 11) is 0. The number of benzene rings is 3. The Kier molecular flexibility index (Phi) is 7.35. The second kappa shape index (κ2) is 10.6. The Morgan fingerprint density at radius 1 is 0.882 bits per heavy atom. The summed E-state index contributed by atoms with van der Waals surface area (Å²) in [6, 6.07) is 21.3. The zero-order valence-corrected chi connectivity index (χ0v) is 19.3. The minimum absolute atomic E-state index is 0. The number of rotatable bonds is 5. The molecule has 3 aromatic carbocycles. The summed E-state index contributed by atoms with van der Waals surface area (Å²) in [6.07, 6.45) is 0.577. The number of nitrogens with one attached hydrogen (secondary N) is 3. The molecule has 3 aromatic rings. The monoisotopic (exact) mass is 479 g/mol. The van der Waals surface area contributed by atoms with Crippen LogP contribution in [0.15, 0.2) is 72.8 Å². The van der Waals surface area contributed by atoms with E-state index in [9.17, 15) is 9.59 Å². The molecule has 0 fully saturated rings. The number of amides is 2. The zero-order chi connectivity index (χ0) is 22.6. The fourth-order valence-electron chi connectivity index (χ4n) is 4.16. The minimum Gasteiger partial charge on any atom is -0.486 e. The van der Waals surface area contributed by atoms with Crippen LogP contribution in [0.4, 0.5) is 5.69 Å². The van der Waals surface area contributed by atoms with E-state index in [0.29, 0.717) is 48.9 Å². The van der Waals surface area contributed by atoms with E-state index in [1.165, 1.54) is 5.56 Å². The van der Waals surface area contributed by atoms with Crippen LogP contribution in [0.3, 0.4) is 0 Å². The molecule has 3 N–H and O–H groups in total. The van der Waals surface area contributed by atoms with Crippen LogP contribution in [0, 0.1) is 0 Å². The van der Waals surface area contributed by atoms with Gasteiger partial charge in [-0.3, -0.25) is 9.59 Å². The SMILES string of the molecule is Cl.O=C(N[C@@H](C(=O)Nc1ccc2c(c1)OCCO2)c1ccccc1)[C@@H]1Cc2ccccc2CN1. The maximum Gasteiger partial charge on any atom is 0.251 e. The maximum atomic E-state index is 13.3. The standard InChI is InChI=1S/C26H25N3O4.ClH/c30-25(21-14-18-8-4-5-9-19(18)16-27-21)29-24(17-6-2-1-3-7-17)26(31)28-20-10-11-22-23(15-20)33-13-12-32-22;/h1-11,15,21,24,27H,12-14,16H2,(H,28,31)(H,29,30);1H/t21-,24+;/m0./s1. The van der Waals surface area contributed by atoms with E-state index in [1.807, 2.05) is 48.5 Å². The Labute approximate surface area is 204 Å². The normalized spacial score (nSPS) is 16.9. The lowest BCUT2D eigenvalue weighted by Crippen LogP contribution is -2.50. The van der Waals surface area contributed by atoms with Crippen molar-refractivity contribution in [2.75, 3.05) is 18.5 Å². The molecule has 2 atom stereocenters. The quantitative estimate of drug-likeness (QED) is 0.522. The second-order valence-corrected chi connectivity index (χ2v) is 8.11. The lowest BCUT2D eigenvalue weighted by atomic mass is 9.95. The van der Waals surface area contributed by atoms with E-state index in [0.717, 1.165) is 5.56 Å². The van der Waals surface area contributed by atoms with Crippen LogP contribution in [0.5, 0.6) is 11.5 Å². The molecule has 0 bridgehead atoms. The Balaban J connectivity index is 0.00000274. The van der Waals surface area contributed by atoms with E-state index < -0.39 is 12.1 Å². The summed E-state index contributed by atoms with van der Waals surface area (Å²) in [6.45, 7) is 1.58. The molecule has 176 valence electrons. The van der Waals surface area contributed by atoms with E-state index in [1.54, 1.807) is 18.2 Å². The number of carbonyl (C=O) groups excluding carboxylic acids is 2. The van der Waals surface area contributed by atoms with Crippen LogP contribution in [-0.2, 0) is 22.6 Å². The van der Waals surface area contributed by atoms with Crippen LogP contribution in [0.2, 0.25) is 0 Å². The summed E-state index contributed by atoms with van der Waals surface area (Å²) in [4.78, 5) is 26.4. The molecule has 0 saturated heterocycles. The average molecular weight is 480 g/mol. The van der Waals surface area contributed by atoms with Gasteiger partial charge < -0.3 is 25.4 Å². The predicted octanol–water partition coefficient (Wildman–Crippen LogP) is 3.39. The molecule has 2 heterocycles. The molecule has 0 saturated carbocycles. The van der Waals surface area contributed by atoms with Gasteiger partial charge in [0, 0.05) is 18.3 Å². The van der Waals surface area contributed by atoms with Crippen molar-refractivity contribution >= 4 is 29.9 Å². The van der Waals surface area contributed by atoms with E-state index in [2.05, 4.69) is 22.0 Å². The van der Waals surface area contributed by atoms with Gasteiger partial charge in [-0.1, -0.05) is 54.6 Å². The fraction of sp³-hybridized carbons (Fsp3) is 0.231. The number of hydrogen-bond acceptors (Lipinski definition) is 5. The third-order valence-electron chi connectivity index (χ3n) is 5.89. The van der Waals surface area contributed by atoms with Gasteiger partial charge in [-0.15, -0.1) is 12.4 Å². The first-order chi connectivity index (χ1) is 16.2. The number of carbonyl (C=O) groups is 2. The molecule has 2 aliphatic rings. The number of hydrogen-bond donors (Lipinski definition) is 3. The molecule has 0 spiro atoms. The van der Waals surface area contributed by atoms with Crippen molar-refractivity contribution in [1.29, 1.82) is 0 Å². The van der Waals surface area contributed by atoms with Crippen molar-refractivity contribution in [2.45, 2.75) is 25.0 Å². The Morgan fingerprint density at radius 3 is 2.38 bits per heavy atom. The Morgan fingerprint density at radius 2 is 1.59 bits per heavy atom. The first kappa shape index (κ1) is 23.6. The van der Waals surface area contributed by atoms with Crippen LogP contribution < -0.4 is 25.4 Å². The van der Waals surface area contributed by atoms with Crippen molar-refractivity contribution in [1.82, 2.24) is 10.6 Å². The summed E-state index contributed by atoms with van der Waals surface area (Å²) < 4.78 is 11.2. The molecular formula is C26H26ClN3O4. The van der Waals surface area contributed by atoms with E-state index >= 15 is 0 Å². The van der Waals surface area contributed by atoms with Crippen molar-refractivity contribution in [3.8, 4) is 11.5 Å². The third kappa shape index (κ3) is 5.16. The number of anilines is 1. The van der Waals surface area contributed by atoms with Crippen LogP contribution in [-0.4, -0.2) is 31.1 Å². The largest absolute Gasteiger partial charge is 0.486 e. The second-order valence-electron chi connectivity index (χ2n) is 8.11. The van der Waals surface area contributed by atoms with Crippen LogP contribution in [0.1, 0.15) is 22.7 Å². The van der Waals surface area contributed by atoms with Crippen molar-refractivity contribution in [2.24, 2.45) is 0 Å². The molecule has 2 aliphatic heterocycles. The first-order valence-electron chi connectivity index (χ1n) is 11.0. The molecule has 34 heavy (non-hydrogen) atoms. The van der Waals surface area contributed by atoms with Gasteiger partial charge in [0.15, 0.2) is 11.5 Å². The smallest absolute Gasteiger partial charge is 0.251 e. The van der Waals surface area contributed by atoms with Crippen molar-refractivity contribution < 1.29 is 19.1 Å². The van der Waals surface area contributed by atoms with Gasteiger partial charge in [0.2, 0.25) is 5.91 Å². The van der Waals surface area contributed by atoms with E-state index in [4.69, 9.17) is 9.47 Å². The molecule has 5 rings (SSSR count). The number of ether oxygens (including phenoxy) is 2. The van der Waals surface area contributed by atoms with E-state index in [-0.39, 0.29) is 24.2 Å². The molecule has 0 aliphatic carbocycles. The van der Waals surface area contributed by atoms with Gasteiger partial charge in [0.1, 0.15) is 19.3 Å². The fourth-order valence-corrected chi connectivity index (χ4v) is 4.16. The van der Waals surface area contributed by atoms with Gasteiger partial charge in [-0.25, -0.2) is 0 Å². The molecule has 0 radical (unpaired) electrons. The lowest BCUT2D eigenvalue weighted by Gasteiger charge is -2.27. The maximum absolute atomic E-state index is 13.3. The minimum atomic E-state index is -0.842. The summed E-state index contributed by atoms with van der Waals surface area (Å²) >= 11 is 0. The van der Waals surface area contributed by atoms with Crippen molar-refractivity contribution in [3.63, 3.8) is 0 Å². The number of fused-ring (bicyclic) bond motifs is 2. The molecular weight excluding hydrogens is 454 g/mol. The molecule has 7 nitrogen and oxygen atoms in total. The van der Waals surface area contributed by atoms with Crippen LogP contribution >= 0.6 is 12.4 Å². The predicted molar refractivity (Wildman–Crippen MR) is 131 cm³/mol. The topological polar surface area (TPSA) is 88.7 Å². The van der Waals surface area contributed by atoms with Gasteiger partial charge in [-0.2, -0.15) is 0 Å². The molecule has 0 aromatic heterocycles.